The van der Waals surface area contributed by atoms with Crippen LogP contribution in [0, 0.1) is 5.92 Å². The van der Waals surface area contributed by atoms with E-state index in [1.165, 1.54) is 10.9 Å². The van der Waals surface area contributed by atoms with Gasteiger partial charge in [-0.15, -0.1) is 0 Å². The maximum atomic E-state index is 4.51. The summed E-state index contributed by atoms with van der Waals surface area (Å²) in [7, 11) is 1.99. The van der Waals surface area contributed by atoms with E-state index >= 15 is 0 Å². The van der Waals surface area contributed by atoms with Crippen molar-refractivity contribution in [2.24, 2.45) is 5.92 Å². The molecule has 1 atom stereocenters. The number of para-hydroxylation sites is 1. The molecule has 0 amide bonds. The lowest BCUT2D eigenvalue weighted by Crippen LogP contribution is -2.27. The molecule has 1 heterocycles. The summed E-state index contributed by atoms with van der Waals surface area (Å²) in [5.74, 6) is 0.566. The summed E-state index contributed by atoms with van der Waals surface area (Å²) in [6, 6.07) is 8.77. The van der Waals surface area contributed by atoms with Crippen molar-refractivity contribution in [3.63, 3.8) is 0 Å². The number of hydrogen-bond donors (Lipinski definition) is 1. The van der Waals surface area contributed by atoms with Crippen LogP contribution in [0.25, 0.3) is 10.9 Å². The smallest absolute Gasteiger partial charge is 0.0686 e. The van der Waals surface area contributed by atoms with Crippen LogP contribution in [0.2, 0.25) is 0 Å². The van der Waals surface area contributed by atoms with Crippen LogP contribution in [0.4, 0.5) is 0 Å². The molecule has 0 aliphatic rings. The Kier molecular flexibility index (Phi) is 3.25. The summed E-state index contributed by atoms with van der Waals surface area (Å²) in [4.78, 5) is 0. The number of fused-ring (bicyclic) bond motifs is 1. The van der Waals surface area contributed by atoms with Crippen molar-refractivity contribution in [2.45, 2.75) is 19.9 Å². The SMILES string of the molecule is CNCC(C(C)C)n1ncc2ccccc21. The maximum Gasteiger partial charge on any atom is 0.0686 e. The number of benzene rings is 1. The first-order valence-electron chi connectivity index (χ1n) is 5.81. The van der Waals surface area contributed by atoms with Crippen LogP contribution in [0.1, 0.15) is 19.9 Å². The molecule has 0 radical (unpaired) electrons. The van der Waals surface area contributed by atoms with Crippen molar-refractivity contribution in [2.75, 3.05) is 13.6 Å². The fraction of sp³-hybridized carbons (Fsp3) is 0.462. The zero-order valence-corrected chi connectivity index (χ0v) is 10.1. The molecule has 0 fully saturated rings. The molecule has 1 aromatic carbocycles. The van der Waals surface area contributed by atoms with Crippen LogP contribution in [0.15, 0.2) is 30.5 Å². The number of nitrogens with one attached hydrogen (secondary N) is 1. The van der Waals surface area contributed by atoms with E-state index in [1.807, 2.05) is 13.2 Å². The zero-order valence-electron chi connectivity index (χ0n) is 10.1. The predicted molar refractivity (Wildman–Crippen MR) is 67.5 cm³/mol. The molecule has 2 rings (SSSR count). The van der Waals surface area contributed by atoms with Crippen LogP contribution in [-0.2, 0) is 0 Å². The van der Waals surface area contributed by atoms with Crippen LogP contribution >= 0.6 is 0 Å². The lowest BCUT2D eigenvalue weighted by molar-refractivity contribution is 0.346. The molecule has 86 valence electrons. The van der Waals surface area contributed by atoms with Crippen molar-refractivity contribution < 1.29 is 0 Å². The van der Waals surface area contributed by atoms with E-state index in [0.29, 0.717) is 12.0 Å². The van der Waals surface area contributed by atoms with E-state index in [0.717, 1.165) is 6.54 Å². The molecule has 16 heavy (non-hydrogen) atoms. The quantitative estimate of drug-likeness (QED) is 0.852. The van der Waals surface area contributed by atoms with Gasteiger partial charge >= 0.3 is 0 Å². The minimum absolute atomic E-state index is 0.407. The predicted octanol–water partition coefficient (Wildman–Crippen LogP) is 2.45. The van der Waals surface area contributed by atoms with Crippen LogP contribution < -0.4 is 5.32 Å². The van der Waals surface area contributed by atoms with Crippen molar-refractivity contribution in [3.05, 3.63) is 30.5 Å². The number of likely N-dealkylation sites (N-methyl/N-ethyl adjacent to an activating group) is 1. The minimum Gasteiger partial charge on any atom is -0.318 e. The van der Waals surface area contributed by atoms with Gasteiger partial charge in [-0.2, -0.15) is 5.10 Å². The lowest BCUT2D eigenvalue weighted by atomic mass is 10.0. The number of hydrogen-bond acceptors (Lipinski definition) is 2. The Bertz CT molecular complexity index is 459. The lowest BCUT2D eigenvalue weighted by Gasteiger charge is -2.22. The van der Waals surface area contributed by atoms with Gasteiger partial charge in [-0.05, 0) is 19.0 Å². The molecule has 0 spiro atoms. The molecular formula is C13H19N3. The molecule has 0 bridgehead atoms. The third-order valence-corrected chi connectivity index (χ3v) is 3.00. The van der Waals surface area contributed by atoms with E-state index in [2.05, 4.69) is 53.2 Å². The fourth-order valence-electron chi connectivity index (χ4n) is 2.07. The Morgan fingerprint density at radius 1 is 1.31 bits per heavy atom. The van der Waals surface area contributed by atoms with Crippen molar-refractivity contribution in [3.8, 4) is 0 Å². The summed E-state index contributed by atoms with van der Waals surface area (Å²) >= 11 is 0. The summed E-state index contributed by atoms with van der Waals surface area (Å²) in [6.45, 7) is 5.42. The average molecular weight is 217 g/mol. The van der Waals surface area contributed by atoms with Crippen molar-refractivity contribution in [1.29, 1.82) is 0 Å². The largest absolute Gasteiger partial charge is 0.318 e. The van der Waals surface area contributed by atoms with Gasteiger partial charge in [-0.25, -0.2) is 0 Å². The van der Waals surface area contributed by atoms with Gasteiger partial charge in [-0.3, -0.25) is 4.68 Å². The molecular weight excluding hydrogens is 198 g/mol. The highest BCUT2D eigenvalue weighted by Gasteiger charge is 2.17. The van der Waals surface area contributed by atoms with E-state index in [4.69, 9.17) is 0 Å². The van der Waals surface area contributed by atoms with E-state index in [1.54, 1.807) is 0 Å². The van der Waals surface area contributed by atoms with Gasteiger partial charge in [0, 0.05) is 11.9 Å². The van der Waals surface area contributed by atoms with Crippen LogP contribution in [0.3, 0.4) is 0 Å². The van der Waals surface area contributed by atoms with Crippen LogP contribution in [0.5, 0.6) is 0 Å². The minimum atomic E-state index is 0.407. The molecule has 0 saturated heterocycles. The third-order valence-electron chi connectivity index (χ3n) is 3.00. The number of nitrogens with zero attached hydrogens (tertiary/aromatic N) is 2. The second-order valence-electron chi connectivity index (χ2n) is 4.52. The van der Waals surface area contributed by atoms with E-state index < -0.39 is 0 Å². The number of rotatable bonds is 4. The summed E-state index contributed by atoms with van der Waals surface area (Å²) in [5.41, 5.74) is 1.22. The Morgan fingerprint density at radius 3 is 2.75 bits per heavy atom. The molecule has 0 saturated carbocycles. The molecule has 0 aliphatic heterocycles. The highest BCUT2D eigenvalue weighted by Crippen LogP contribution is 2.22. The molecule has 1 N–H and O–H groups in total. The van der Waals surface area contributed by atoms with Crippen molar-refractivity contribution in [1.82, 2.24) is 15.1 Å². The van der Waals surface area contributed by atoms with Crippen molar-refractivity contribution >= 4 is 10.9 Å². The van der Waals surface area contributed by atoms with Gasteiger partial charge in [0.15, 0.2) is 0 Å². The first kappa shape index (κ1) is 11.1. The maximum absolute atomic E-state index is 4.51. The van der Waals surface area contributed by atoms with E-state index in [-0.39, 0.29) is 0 Å². The van der Waals surface area contributed by atoms with Gasteiger partial charge in [0.25, 0.3) is 0 Å². The Balaban J connectivity index is 2.44. The Hall–Kier alpha value is -1.35. The topological polar surface area (TPSA) is 29.9 Å². The van der Waals surface area contributed by atoms with Crippen LogP contribution in [-0.4, -0.2) is 23.4 Å². The first-order valence-corrected chi connectivity index (χ1v) is 5.81. The normalized spacial score (nSPS) is 13.5. The highest BCUT2D eigenvalue weighted by atomic mass is 15.3. The summed E-state index contributed by atoms with van der Waals surface area (Å²) < 4.78 is 2.14. The second-order valence-corrected chi connectivity index (χ2v) is 4.52. The first-order chi connectivity index (χ1) is 7.74. The van der Waals surface area contributed by atoms with Gasteiger partial charge < -0.3 is 5.32 Å². The molecule has 3 nitrogen and oxygen atoms in total. The van der Waals surface area contributed by atoms with E-state index in [9.17, 15) is 0 Å². The van der Waals surface area contributed by atoms with Gasteiger partial charge in [-0.1, -0.05) is 32.0 Å². The molecule has 0 aliphatic carbocycles. The second kappa shape index (κ2) is 4.66. The van der Waals surface area contributed by atoms with Gasteiger partial charge in [0.1, 0.15) is 0 Å². The third kappa shape index (κ3) is 1.95. The Morgan fingerprint density at radius 2 is 2.06 bits per heavy atom. The monoisotopic (exact) mass is 217 g/mol. The zero-order chi connectivity index (χ0) is 11.5. The van der Waals surface area contributed by atoms with Gasteiger partial charge in [0.2, 0.25) is 0 Å². The Labute approximate surface area is 96.5 Å². The standard InChI is InChI=1S/C13H19N3/c1-10(2)13(9-14-3)16-12-7-5-4-6-11(12)8-15-16/h4-8,10,13-14H,9H2,1-3H3. The molecule has 2 aromatic rings. The number of aromatic nitrogens is 2. The molecule has 1 unspecified atom stereocenters. The summed E-state index contributed by atoms with van der Waals surface area (Å²) in [5, 5.41) is 8.97. The average Bonchev–Trinajstić information content (AvgIpc) is 2.69. The highest BCUT2D eigenvalue weighted by molar-refractivity contribution is 5.78. The molecule has 3 heteroatoms. The van der Waals surface area contributed by atoms with Gasteiger partial charge in [0.05, 0.1) is 17.8 Å². The summed E-state index contributed by atoms with van der Waals surface area (Å²) in [6.07, 6.45) is 1.94. The fourth-order valence-corrected chi connectivity index (χ4v) is 2.07. The molecule has 1 aromatic heterocycles.